The average Bonchev–Trinajstić information content (AvgIpc) is 2.67. The topological polar surface area (TPSA) is 47.9 Å². The molecule has 0 spiro atoms. The first-order chi connectivity index (χ1) is 12.6. The van der Waals surface area contributed by atoms with Gasteiger partial charge < -0.3 is 19.3 Å². The predicted octanol–water partition coefficient (Wildman–Crippen LogP) is 3.78. The van der Waals surface area contributed by atoms with Gasteiger partial charge >= 0.3 is 0 Å². The lowest BCUT2D eigenvalue weighted by Gasteiger charge is -2.42. The fraction of sp³-hybridized carbons (Fsp3) is 0.455. The number of aliphatic hydroxyl groups excluding tert-OH is 1. The lowest BCUT2D eigenvalue weighted by atomic mass is 9.86. The Kier molecular flexibility index (Phi) is 6.80. The van der Waals surface area contributed by atoms with Gasteiger partial charge in [0.2, 0.25) is 0 Å². The van der Waals surface area contributed by atoms with Crippen LogP contribution in [0.25, 0.3) is 0 Å². The molecule has 4 heteroatoms. The van der Waals surface area contributed by atoms with E-state index in [4.69, 9.17) is 14.2 Å². The Hall–Kier alpha value is -1.72. The molecule has 5 atom stereocenters. The van der Waals surface area contributed by atoms with E-state index in [9.17, 15) is 5.11 Å². The molecule has 1 aliphatic heterocycles. The van der Waals surface area contributed by atoms with Gasteiger partial charge in [-0.05, 0) is 11.1 Å². The van der Waals surface area contributed by atoms with E-state index in [0.29, 0.717) is 19.8 Å². The molecule has 0 aromatic heterocycles. The first-order valence-electron chi connectivity index (χ1n) is 9.26. The summed E-state index contributed by atoms with van der Waals surface area (Å²) in [4.78, 5) is 0. The van der Waals surface area contributed by atoms with Gasteiger partial charge in [0.05, 0.1) is 32.0 Å². The second kappa shape index (κ2) is 9.28. The van der Waals surface area contributed by atoms with E-state index in [0.717, 1.165) is 11.1 Å². The summed E-state index contributed by atoms with van der Waals surface area (Å²) in [6.45, 7) is 5.58. The fourth-order valence-electron chi connectivity index (χ4n) is 3.41. The average molecular weight is 356 g/mol. The van der Waals surface area contributed by atoms with Gasteiger partial charge in [-0.2, -0.15) is 0 Å². The first kappa shape index (κ1) is 19.1. The second-order valence-electron chi connectivity index (χ2n) is 7.05. The van der Waals surface area contributed by atoms with E-state index in [1.807, 2.05) is 67.6 Å². The minimum atomic E-state index is -0.836. The third kappa shape index (κ3) is 4.92. The van der Waals surface area contributed by atoms with Crippen LogP contribution in [-0.2, 0) is 27.4 Å². The highest BCUT2D eigenvalue weighted by Gasteiger charge is 2.41. The standard InChI is InChI=1S/C22H28O4/c1-16-20(15-24-13-18-9-5-3-6-10-18)26-22(23)17(2)21(16)25-14-19-11-7-4-8-12-19/h3-12,16-17,20-23H,13-15H2,1-2H3. The van der Waals surface area contributed by atoms with Crippen molar-refractivity contribution in [3.8, 4) is 0 Å². The molecule has 2 aromatic carbocycles. The molecule has 1 N–H and O–H groups in total. The van der Waals surface area contributed by atoms with Crippen LogP contribution < -0.4 is 0 Å². The molecule has 0 bridgehead atoms. The van der Waals surface area contributed by atoms with Crippen molar-refractivity contribution in [2.45, 2.75) is 45.6 Å². The fourth-order valence-corrected chi connectivity index (χ4v) is 3.41. The summed E-state index contributed by atoms with van der Waals surface area (Å²) < 4.78 is 17.8. The Morgan fingerprint density at radius 2 is 1.42 bits per heavy atom. The molecule has 0 amide bonds. The van der Waals surface area contributed by atoms with Crippen molar-refractivity contribution in [2.24, 2.45) is 11.8 Å². The zero-order chi connectivity index (χ0) is 18.4. The summed E-state index contributed by atoms with van der Waals surface area (Å²) in [5, 5.41) is 10.3. The summed E-state index contributed by atoms with van der Waals surface area (Å²) in [6.07, 6.45) is -1.10. The van der Waals surface area contributed by atoms with Crippen LogP contribution in [0.15, 0.2) is 60.7 Å². The van der Waals surface area contributed by atoms with Crippen molar-refractivity contribution in [1.82, 2.24) is 0 Å². The third-order valence-corrected chi connectivity index (χ3v) is 5.07. The molecule has 1 saturated heterocycles. The number of rotatable bonds is 7. The summed E-state index contributed by atoms with van der Waals surface area (Å²) in [6, 6.07) is 20.2. The van der Waals surface area contributed by atoms with E-state index in [1.54, 1.807) is 0 Å². The minimum absolute atomic E-state index is 0.0794. The Balaban J connectivity index is 1.55. The molecule has 26 heavy (non-hydrogen) atoms. The minimum Gasteiger partial charge on any atom is -0.374 e. The molecule has 0 aliphatic carbocycles. The van der Waals surface area contributed by atoms with Gasteiger partial charge in [0.15, 0.2) is 6.29 Å². The second-order valence-corrected chi connectivity index (χ2v) is 7.05. The van der Waals surface area contributed by atoms with Crippen LogP contribution in [0, 0.1) is 11.8 Å². The predicted molar refractivity (Wildman–Crippen MR) is 100 cm³/mol. The number of ether oxygens (including phenoxy) is 3. The summed E-state index contributed by atoms with van der Waals surface area (Å²) in [7, 11) is 0. The Morgan fingerprint density at radius 3 is 2.04 bits per heavy atom. The first-order valence-corrected chi connectivity index (χ1v) is 9.26. The van der Waals surface area contributed by atoms with Gasteiger partial charge in [-0.1, -0.05) is 74.5 Å². The third-order valence-electron chi connectivity index (χ3n) is 5.07. The van der Waals surface area contributed by atoms with Gasteiger partial charge in [0.1, 0.15) is 0 Å². The van der Waals surface area contributed by atoms with Crippen LogP contribution in [-0.4, -0.2) is 30.2 Å². The number of benzene rings is 2. The van der Waals surface area contributed by atoms with E-state index in [2.05, 4.69) is 6.92 Å². The summed E-state index contributed by atoms with van der Waals surface area (Å²) in [5.41, 5.74) is 2.26. The van der Waals surface area contributed by atoms with Gasteiger partial charge in [0, 0.05) is 11.8 Å². The van der Waals surface area contributed by atoms with Crippen LogP contribution in [0.4, 0.5) is 0 Å². The van der Waals surface area contributed by atoms with E-state index >= 15 is 0 Å². The van der Waals surface area contributed by atoms with Crippen molar-refractivity contribution in [3.05, 3.63) is 71.8 Å². The molecule has 2 aromatic rings. The van der Waals surface area contributed by atoms with Crippen molar-refractivity contribution in [2.75, 3.05) is 6.61 Å². The van der Waals surface area contributed by atoms with Crippen LogP contribution in [0.2, 0.25) is 0 Å². The maximum absolute atomic E-state index is 10.3. The molecule has 0 saturated carbocycles. The maximum Gasteiger partial charge on any atom is 0.160 e. The number of hydrogen-bond donors (Lipinski definition) is 1. The van der Waals surface area contributed by atoms with Gasteiger partial charge in [-0.25, -0.2) is 0 Å². The van der Waals surface area contributed by atoms with Crippen LogP contribution in [0.5, 0.6) is 0 Å². The molecule has 1 heterocycles. The highest BCUT2D eigenvalue weighted by molar-refractivity contribution is 5.14. The Bertz CT molecular complexity index is 646. The van der Waals surface area contributed by atoms with E-state index < -0.39 is 6.29 Å². The molecule has 4 nitrogen and oxygen atoms in total. The summed E-state index contributed by atoms with van der Waals surface area (Å²) in [5.74, 6) is 0.0481. The quantitative estimate of drug-likeness (QED) is 0.820. The maximum atomic E-state index is 10.3. The van der Waals surface area contributed by atoms with Crippen LogP contribution in [0.3, 0.4) is 0 Å². The molecule has 1 aliphatic rings. The molecule has 5 unspecified atom stereocenters. The van der Waals surface area contributed by atoms with Crippen LogP contribution >= 0.6 is 0 Å². The van der Waals surface area contributed by atoms with Gasteiger partial charge in [0.25, 0.3) is 0 Å². The summed E-state index contributed by atoms with van der Waals surface area (Å²) >= 11 is 0. The molecule has 0 radical (unpaired) electrons. The Labute approximate surface area is 155 Å². The normalized spacial score (nSPS) is 28.8. The molecule has 140 valence electrons. The molecule has 1 fully saturated rings. The van der Waals surface area contributed by atoms with E-state index in [-0.39, 0.29) is 24.0 Å². The van der Waals surface area contributed by atoms with Crippen molar-refractivity contribution >= 4 is 0 Å². The lowest BCUT2D eigenvalue weighted by molar-refractivity contribution is -0.261. The lowest BCUT2D eigenvalue weighted by Crippen LogP contribution is -2.51. The van der Waals surface area contributed by atoms with E-state index in [1.165, 1.54) is 0 Å². The zero-order valence-corrected chi connectivity index (χ0v) is 15.5. The zero-order valence-electron chi connectivity index (χ0n) is 15.5. The van der Waals surface area contributed by atoms with Crippen molar-refractivity contribution < 1.29 is 19.3 Å². The monoisotopic (exact) mass is 356 g/mol. The van der Waals surface area contributed by atoms with Crippen molar-refractivity contribution in [3.63, 3.8) is 0 Å². The Morgan fingerprint density at radius 1 is 0.846 bits per heavy atom. The molecular formula is C22H28O4. The van der Waals surface area contributed by atoms with Gasteiger partial charge in [-0.15, -0.1) is 0 Å². The van der Waals surface area contributed by atoms with Gasteiger partial charge in [-0.3, -0.25) is 0 Å². The SMILES string of the molecule is CC1C(O)OC(COCc2ccccc2)C(C)C1OCc1ccccc1. The number of hydrogen-bond acceptors (Lipinski definition) is 4. The largest absolute Gasteiger partial charge is 0.374 e. The van der Waals surface area contributed by atoms with Crippen molar-refractivity contribution in [1.29, 1.82) is 0 Å². The number of aliphatic hydroxyl groups is 1. The highest BCUT2D eigenvalue weighted by atomic mass is 16.6. The molecule has 3 rings (SSSR count). The van der Waals surface area contributed by atoms with Crippen LogP contribution in [0.1, 0.15) is 25.0 Å². The highest BCUT2D eigenvalue weighted by Crippen LogP contribution is 2.32. The molecular weight excluding hydrogens is 328 g/mol. The smallest absolute Gasteiger partial charge is 0.160 e.